The fourth-order valence-corrected chi connectivity index (χ4v) is 2.20. The Balaban J connectivity index is 1.92. The van der Waals surface area contributed by atoms with Gasteiger partial charge in [-0.05, 0) is 43.7 Å². The molecule has 0 aliphatic carbocycles. The number of nitrogens with one attached hydrogen (secondary N) is 1. The van der Waals surface area contributed by atoms with Crippen LogP contribution in [0.2, 0.25) is 0 Å². The molecule has 28 heavy (non-hydrogen) atoms. The highest BCUT2D eigenvalue weighted by molar-refractivity contribution is 6.04. The number of rotatable bonds is 10. The second-order valence-corrected chi connectivity index (χ2v) is 5.73. The molecule has 0 unspecified atom stereocenters. The van der Waals surface area contributed by atoms with E-state index in [2.05, 4.69) is 12.2 Å². The molecule has 0 spiro atoms. The monoisotopic (exact) mass is 389 g/mol. The van der Waals surface area contributed by atoms with Gasteiger partial charge in [0.25, 0.3) is 11.8 Å². The third-order valence-corrected chi connectivity index (χ3v) is 3.57. The minimum atomic E-state index is -0.765. The van der Waals surface area contributed by atoms with Crippen LogP contribution in [0.25, 0.3) is 0 Å². The van der Waals surface area contributed by atoms with Crippen LogP contribution in [0.3, 0.4) is 0 Å². The lowest BCUT2D eigenvalue weighted by Crippen LogP contribution is -2.33. The van der Waals surface area contributed by atoms with Gasteiger partial charge < -0.3 is 18.6 Å². The normalized spacial score (nSPS) is 10.2. The van der Waals surface area contributed by atoms with Gasteiger partial charge in [-0.25, -0.2) is 4.79 Å². The zero-order valence-electron chi connectivity index (χ0n) is 15.9. The lowest BCUT2D eigenvalue weighted by atomic mass is 10.2. The second-order valence-electron chi connectivity index (χ2n) is 5.73. The van der Waals surface area contributed by atoms with Crippen molar-refractivity contribution in [1.82, 2.24) is 5.32 Å². The van der Waals surface area contributed by atoms with Crippen LogP contribution in [-0.4, -0.2) is 37.6 Å². The molecule has 2 aromatic rings. The van der Waals surface area contributed by atoms with E-state index in [4.69, 9.17) is 18.6 Å². The van der Waals surface area contributed by atoms with Crippen LogP contribution in [0, 0.1) is 0 Å². The van der Waals surface area contributed by atoms with E-state index in [1.54, 1.807) is 6.07 Å². The number of esters is 1. The summed E-state index contributed by atoms with van der Waals surface area (Å²) in [4.78, 5) is 35.6. The Morgan fingerprint density at radius 1 is 1.07 bits per heavy atom. The average Bonchev–Trinajstić information content (AvgIpc) is 3.22. The highest BCUT2D eigenvalue weighted by Crippen LogP contribution is 2.29. The largest absolute Gasteiger partial charge is 0.490 e. The molecule has 2 rings (SSSR count). The first-order valence-corrected chi connectivity index (χ1v) is 8.99. The molecule has 0 aliphatic rings. The topological polar surface area (TPSA) is 104 Å². The molecule has 1 aromatic carbocycles. The summed E-state index contributed by atoms with van der Waals surface area (Å²) in [6.07, 6.45) is 3.21. The molecule has 0 aliphatic heterocycles. The molecule has 0 atom stereocenters. The smallest absolute Gasteiger partial charge is 0.338 e. The summed E-state index contributed by atoms with van der Waals surface area (Å²) in [6, 6.07) is 7.58. The molecule has 1 heterocycles. The number of carbonyl (C=O) groups is 3. The van der Waals surface area contributed by atoms with E-state index in [1.165, 1.54) is 30.5 Å². The van der Waals surface area contributed by atoms with Crippen molar-refractivity contribution in [2.75, 3.05) is 19.8 Å². The highest BCUT2D eigenvalue weighted by Gasteiger charge is 2.17. The Labute approximate surface area is 162 Å². The highest BCUT2D eigenvalue weighted by atomic mass is 16.5. The molecule has 0 fully saturated rings. The van der Waals surface area contributed by atoms with Crippen molar-refractivity contribution >= 4 is 17.8 Å². The maximum atomic E-state index is 12.2. The first-order valence-electron chi connectivity index (χ1n) is 8.99. The van der Waals surface area contributed by atoms with Gasteiger partial charge in [0.05, 0.1) is 25.0 Å². The maximum Gasteiger partial charge on any atom is 0.338 e. The van der Waals surface area contributed by atoms with Gasteiger partial charge >= 0.3 is 5.97 Å². The molecule has 0 saturated heterocycles. The lowest BCUT2D eigenvalue weighted by Gasteiger charge is -2.13. The molecule has 1 N–H and O–H groups in total. The number of amides is 2. The van der Waals surface area contributed by atoms with E-state index in [0.717, 1.165) is 12.8 Å². The predicted octanol–water partition coefficient (Wildman–Crippen LogP) is 2.97. The Kier molecular flexibility index (Phi) is 8.08. The first kappa shape index (κ1) is 21.0. The minimum absolute atomic E-state index is 0.0142. The summed E-state index contributed by atoms with van der Waals surface area (Å²) >= 11 is 0. The van der Waals surface area contributed by atoms with Crippen molar-refractivity contribution in [3.8, 4) is 11.5 Å². The Morgan fingerprint density at radius 3 is 2.57 bits per heavy atom. The zero-order valence-corrected chi connectivity index (χ0v) is 15.9. The van der Waals surface area contributed by atoms with Crippen molar-refractivity contribution in [3.05, 3.63) is 47.9 Å². The van der Waals surface area contributed by atoms with Gasteiger partial charge in [-0.1, -0.05) is 13.3 Å². The van der Waals surface area contributed by atoms with Gasteiger partial charge in [0.2, 0.25) is 0 Å². The van der Waals surface area contributed by atoms with Crippen molar-refractivity contribution in [2.24, 2.45) is 0 Å². The van der Waals surface area contributed by atoms with Crippen LogP contribution in [0.15, 0.2) is 41.0 Å². The van der Waals surface area contributed by atoms with Crippen LogP contribution in [0.1, 0.15) is 47.6 Å². The van der Waals surface area contributed by atoms with E-state index in [9.17, 15) is 14.4 Å². The summed E-state index contributed by atoms with van der Waals surface area (Å²) < 4.78 is 21.0. The van der Waals surface area contributed by atoms with E-state index >= 15 is 0 Å². The number of unbranched alkanes of at least 4 members (excludes halogenated alkanes) is 1. The van der Waals surface area contributed by atoms with E-state index in [-0.39, 0.29) is 11.3 Å². The van der Waals surface area contributed by atoms with E-state index < -0.39 is 24.4 Å². The zero-order chi connectivity index (χ0) is 20.4. The van der Waals surface area contributed by atoms with Crippen LogP contribution in [-0.2, 0) is 9.53 Å². The number of hydrogen-bond acceptors (Lipinski definition) is 7. The number of hydrogen-bond donors (Lipinski definition) is 1. The number of carbonyl (C=O) groups excluding carboxylic acids is 3. The van der Waals surface area contributed by atoms with Gasteiger partial charge in [0.1, 0.15) is 0 Å². The maximum absolute atomic E-state index is 12.2. The van der Waals surface area contributed by atoms with Gasteiger partial charge in [0, 0.05) is 0 Å². The molecule has 0 radical (unpaired) electrons. The number of furan rings is 1. The average molecular weight is 389 g/mol. The molecule has 1 aromatic heterocycles. The fourth-order valence-electron chi connectivity index (χ4n) is 2.20. The van der Waals surface area contributed by atoms with Gasteiger partial charge in [0.15, 0.2) is 23.9 Å². The van der Waals surface area contributed by atoms with Crippen LogP contribution in [0.5, 0.6) is 11.5 Å². The van der Waals surface area contributed by atoms with Crippen molar-refractivity contribution in [3.63, 3.8) is 0 Å². The quantitative estimate of drug-likeness (QED) is 0.492. The van der Waals surface area contributed by atoms with E-state index in [1.807, 2.05) is 6.92 Å². The SMILES string of the molecule is CCCCOc1ccc(C(=O)OCC(=O)NC(=O)c2ccco2)cc1OCC. The summed E-state index contributed by atoms with van der Waals surface area (Å²) in [7, 11) is 0. The van der Waals surface area contributed by atoms with Gasteiger partial charge in [-0.3, -0.25) is 14.9 Å². The van der Waals surface area contributed by atoms with Gasteiger partial charge in [-0.15, -0.1) is 0 Å². The minimum Gasteiger partial charge on any atom is -0.490 e. The molecule has 8 nitrogen and oxygen atoms in total. The Hall–Kier alpha value is -3.29. The summed E-state index contributed by atoms with van der Waals surface area (Å²) in [5.41, 5.74) is 0.205. The fraction of sp³-hybridized carbons (Fsp3) is 0.350. The Morgan fingerprint density at radius 2 is 1.89 bits per heavy atom. The van der Waals surface area contributed by atoms with E-state index in [0.29, 0.717) is 24.7 Å². The number of ether oxygens (including phenoxy) is 3. The molecular formula is C20H23NO7. The Bertz CT molecular complexity index is 799. The van der Waals surface area contributed by atoms with Gasteiger partial charge in [-0.2, -0.15) is 0 Å². The number of imide groups is 1. The molecular weight excluding hydrogens is 366 g/mol. The molecule has 0 bridgehead atoms. The van der Waals surface area contributed by atoms with Crippen molar-refractivity contribution in [2.45, 2.75) is 26.7 Å². The van der Waals surface area contributed by atoms with Crippen molar-refractivity contribution < 1.29 is 33.0 Å². The molecule has 2 amide bonds. The van der Waals surface area contributed by atoms with Crippen LogP contribution >= 0.6 is 0 Å². The lowest BCUT2D eigenvalue weighted by molar-refractivity contribution is -0.123. The summed E-state index contributed by atoms with van der Waals surface area (Å²) in [5.74, 6) is -1.25. The van der Waals surface area contributed by atoms with Crippen LogP contribution in [0.4, 0.5) is 0 Å². The second kappa shape index (κ2) is 10.8. The van der Waals surface area contributed by atoms with Crippen molar-refractivity contribution in [1.29, 1.82) is 0 Å². The molecule has 0 saturated carbocycles. The van der Waals surface area contributed by atoms with Crippen LogP contribution < -0.4 is 14.8 Å². The summed E-state index contributed by atoms with van der Waals surface area (Å²) in [5, 5.41) is 2.07. The molecule has 8 heteroatoms. The standard InChI is InChI=1S/C20H23NO7/c1-3-5-10-26-15-9-8-14(12-17(15)25-4-2)20(24)28-13-18(22)21-19(23)16-7-6-11-27-16/h6-9,11-12H,3-5,10,13H2,1-2H3,(H,21,22,23). The first-order chi connectivity index (χ1) is 13.5. The number of benzene rings is 1. The third kappa shape index (κ3) is 6.15. The third-order valence-electron chi connectivity index (χ3n) is 3.57. The summed E-state index contributed by atoms with van der Waals surface area (Å²) in [6.45, 7) is 4.22. The molecule has 150 valence electrons. The predicted molar refractivity (Wildman–Crippen MR) is 99.5 cm³/mol.